The van der Waals surface area contributed by atoms with Crippen molar-refractivity contribution in [3.05, 3.63) is 46.5 Å². The molecule has 0 radical (unpaired) electrons. The Labute approximate surface area is 154 Å². The summed E-state index contributed by atoms with van der Waals surface area (Å²) in [6, 6.07) is 8.85. The van der Waals surface area contributed by atoms with Crippen molar-refractivity contribution in [2.45, 2.75) is 10.1 Å². The Bertz CT molecular complexity index is 992. The van der Waals surface area contributed by atoms with Crippen molar-refractivity contribution < 1.29 is 17.9 Å². The number of hydrogen-bond acceptors (Lipinski definition) is 5. The number of benzene rings is 2. The lowest BCUT2D eigenvalue weighted by atomic mass is 10.0. The predicted octanol–water partition coefficient (Wildman–Crippen LogP) is 3.46. The molecule has 2 aromatic rings. The first-order chi connectivity index (χ1) is 12.1. The number of hydrogen-bond donors (Lipinski definition) is 0. The quantitative estimate of drug-likeness (QED) is 0.683. The molecule has 8 heteroatoms. The molecule has 0 fully saturated rings. The molecule has 25 heavy (non-hydrogen) atoms. The largest absolute Gasteiger partial charge is 0.486 e. The maximum absolute atomic E-state index is 13.3. The zero-order chi connectivity index (χ0) is 17.2. The van der Waals surface area contributed by atoms with E-state index >= 15 is 0 Å². The molecular weight excluding hydrogens is 382 g/mol. The zero-order valence-corrected chi connectivity index (χ0v) is 15.5. The summed E-state index contributed by atoms with van der Waals surface area (Å²) in [5.41, 5.74) is 2.39. The predicted molar refractivity (Wildman–Crippen MR) is 97.7 cm³/mol. The van der Waals surface area contributed by atoms with E-state index in [0.29, 0.717) is 47.7 Å². The lowest BCUT2D eigenvalue weighted by Crippen LogP contribution is -2.33. The van der Waals surface area contributed by atoms with Crippen molar-refractivity contribution in [3.63, 3.8) is 0 Å². The first-order valence-electron chi connectivity index (χ1n) is 7.93. The van der Waals surface area contributed by atoms with Crippen molar-refractivity contribution in [3.8, 4) is 11.5 Å². The summed E-state index contributed by atoms with van der Waals surface area (Å²) >= 11 is 7.84. The van der Waals surface area contributed by atoms with E-state index in [1.165, 1.54) is 4.31 Å². The minimum atomic E-state index is -3.67. The third-order valence-electron chi connectivity index (χ3n) is 4.65. The molecule has 5 rings (SSSR count). The van der Waals surface area contributed by atoms with Crippen LogP contribution in [-0.2, 0) is 10.0 Å². The fraction of sp³-hybridized carbons (Fsp3) is 0.294. The number of sulfonamides is 1. The minimum absolute atomic E-state index is 0.0830. The second kappa shape index (κ2) is 5.46. The molecule has 0 N–H and O–H groups in total. The van der Waals surface area contributed by atoms with Gasteiger partial charge < -0.3 is 9.47 Å². The zero-order valence-electron chi connectivity index (χ0n) is 13.1. The normalized spacial score (nSPS) is 22.6. The summed E-state index contributed by atoms with van der Waals surface area (Å²) in [7, 11) is -3.67. The Morgan fingerprint density at radius 3 is 2.64 bits per heavy atom. The van der Waals surface area contributed by atoms with E-state index < -0.39 is 10.0 Å². The number of halogens is 1. The number of nitrogens with zero attached hydrogens (tertiary/aromatic N) is 1. The Kier molecular flexibility index (Phi) is 3.42. The molecule has 0 saturated carbocycles. The van der Waals surface area contributed by atoms with Crippen LogP contribution in [0, 0.1) is 0 Å². The summed E-state index contributed by atoms with van der Waals surface area (Å²) in [6.45, 7) is 1.38. The van der Waals surface area contributed by atoms with Gasteiger partial charge in [-0.15, -0.1) is 11.8 Å². The van der Waals surface area contributed by atoms with Crippen molar-refractivity contribution in [2.75, 3.05) is 29.8 Å². The Hall–Kier alpha value is -1.57. The first kappa shape index (κ1) is 15.7. The van der Waals surface area contributed by atoms with Gasteiger partial charge in [-0.3, -0.25) is 4.31 Å². The van der Waals surface area contributed by atoms with Crippen LogP contribution in [0.5, 0.6) is 11.5 Å². The van der Waals surface area contributed by atoms with Crippen LogP contribution in [-0.4, -0.2) is 33.9 Å². The highest BCUT2D eigenvalue weighted by Crippen LogP contribution is 2.52. The number of thioether (sulfide) groups is 1. The van der Waals surface area contributed by atoms with Crippen LogP contribution in [0.2, 0.25) is 5.02 Å². The average Bonchev–Trinajstić information content (AvgIpc) is 2.82. The molecule has 0 amide bonds. The van der Waals surface area contributed by atoms with E-state index in [-0.39, 0.29) is 10.1 Å². The molecule has 130 valence electrons. The summed E-state index contributed by atoms with van der Waals surface area (Å²) < 4.78 is 39.5. The van der Waals surface area contributed by atoms with E-state index in [9.17, 15) is 8.42 Å². The van der Waals surface area contributed by atoms with Crippen LogP contribution in [0.3, 0.4) is 0 Å². The second-order valence-electron chi connectivity index (χ2n) is 6.06. The third-order valence-corrected chi connectivity index (χ3v) is 8.01. The van der Waals surface area contributed by atoms with E-state index in [1.54, 1.807) is 30.0 Å². The lowest BCUT2D eigenvalue weighted by Gasteiger charge is -2.26. The van der Waals surface area contributed by atoms with Crippen molar-refractivity contribution >= 4 is 39.1 Å². The van der Waals surface area contributed by atoms with E-state index in [4.69, 9.17) is 21.1 Å². The third kappa shape index (κ3) is 2.26. The van der Waals surface area contributed by atoms with Gasteiger partial charge in [0.1, 0.15) is 13.2 Å². The van der Waals surface area contributed by atoms with Crippen molar-refractivity contribution in [1.82, 2.24) is 0 Å². The van der Waals surface area contributed by atoms with Gasteiger partial charge in [-0.1, -0.05) is 17.7 Å². The molecule has 1 unspecified atom stereocenters. The Morgan fingerprint density at radius 1 is 1.08 bits per heavy atom. The molecule has 5 nitrogen and oxygen atoms in total. The Balaban J connectivity index is 1.85. The van der Waals surface area contributed by atoms with Crippen LogP contribution in [0.25, 0.3) is 0 Å². The average molecular weight is 396 g/mol. The van der Waals surface area contributed by atoms with Crippen LogP contribution in [0.4, 0.5) is 5.69 Å². The van der Waals surface area contributed by atoms with Crippen LogP contribution in [0.1, 0.15) is 16.4 Å². The van der Waals surface area contributed by atoms with Crippen molar-refractivity contribution in [1.29, 1.82) is 0 Å². The summed E-state index contributed by atoms with van der Waals surface area (Å²) in [4.78, 5) is 0.285. The second-order valence-corrected chi connectivity index (χ2v) is 9.54. The molecule has 0 spiro atoms. The van der Waals surface area contributed by atoms with Crippen molar-refractivity contribution in [2.24, 2.45) is 0 Å². The summed E-state index contributed by atoms with van der Waals surface area (Å²) in [6.07, 6.45) is 0. The number of fused-ring (bicyclic) bond motifs is 3. The van der Waals surface area contributed by atoms with E-state index in [1.807, 2.05) is 12.1 Å². The maximum Gasteiger partial charge on any atom is 0.264 e. The number of ether oxygens (including phenoxy) is 2. The highest BCUT2D eigenvalue weighted by molar-refractivity contribution is 8.00. The fourth-order valence-electron chi connectivity index (χ4n) is 3.56. The van der Waals surface area contributed by atoms with Crippen LogP contribution in [0.15, 0.2) is 35.2 Å². The van der Waals surface area contributed by atoms with Gasteiger partial charge in [-0.2, -0.15) is 0 Å². The van der Waals surface area contributed by atoms with Crippen LogP contribution < -0.4 is 13.8 Å². The smallest absolute Gasteiger partial charge is 0.264 e. The molecule has 3 heterocycles. The van der Waals surface area contributed by atoms with E-state index in [0.717, 1.165) is 11.1 Å². The topological polar surface area (TPSA) is 55.8 Å². The summed E-state index contributed by atoms with van der Waals surface area (Å²) in [5, 5.41) is 0.337. The summed E-state index contributed by atoms with van der Waals surface area (Å²) in [5.74, 6) is 1.99. The molecule has 3 aliphatic rings. The molecule has 0 aromatic heterocycles. The highest BCUT2D eigenvalue weighted by Gasteiger charge is 2.40. The van der Waals surface area contributed by atoms with E-state index in [2.05, 4.69) is 0 Å². The van der Waals surface area contributed by atoms with Gasteiger partial charge in [0.15, 0.2) is 11.5 Å². The van der Waals surface area contributed by atoms with Gasteiger partial charge in [0, 0.05) is 23.4 Å². The molecule has 0 saturated heterocycles. The highest BCUT2D eigenvalue weighted by atomic mass is 35.5. The molecular formula is C17H14ClNO4S2. The van der Waals surface area contributed by atoms with Gasteiger partial charge >= 0.3 is 0 Å². The fourth-order valence-corrected chi connectivity index (χ4v) is 7.01. The molecule has 0 aliphatic carbocycles. The van der Waals surface area contributed by atoms with Gasteiger partial charge in [0.25, 0.3) is 10.0 Å². The monoisotopic (exact) mass is 395 g/mol. The Morgan fingerprint density at radius 2 is 1.84 bits per heavy atom. The standard InChI is InChI=1S/C17H14ClNO4S2/c18-10-1-2-11-16(7-10)25(20,21)19-3-6-24-17(11)12-8-14-15(9-13(12)19)23-5-4-22-14/h1-2,7-9,17H,3-6H2. The number of anilines is 1. The number of rotatable bonds is 0. The molecule has 3 aliphatic heterocycles. The molecule has 2 bridgehead atoms. The maximum atomic E-state index is 13.3. The first-order valence-corrected chi connectivity index (χ1v) is 10.8. The molecule has 1 atom stereocenters. The molecule has 2 aromatic carbocycles. The van der Waals surface area contributed by atoms with Gasteiger partial charge in [0.05, 0.1) is 15.8 Å². The lowest BCUT2D eigenvalue weighted by molar-refractivity contribution is 0.171. The van der Waals surface area contributed by atoms with Gasteiger partial charge in [-0.05, 0) is 29.3 Å². The van der Waals surface area contributed by atoms with Gasteiger partial charge in [-0.25, -0.2) is 8.42 Å². The SMILES string of the molecule is O=S1(=O)c2cc(Cl)ccc2C2SCCN1c1cc3c(cc12)OCCO3. The van der Waals surface area contributed by atoms with Gasteiger partial charge in [0.2, 0.25) is 0 Å². The van der Waals surface area contributed by atoms with Crippen LogP contribution >= 0.6 is 23.4 Å². The minimum Gasteiger partial charge on any atom is -0.486 e.